The maximum absolute atomic E-state index is 11.1. The molecule has 0 bridgehead atoms. The topological polar surface area (TPSA) is 63.6 Å². The average molecular weight is 220 g/mol. The van der Waals surface area contributed by atoms with E-state index in [0.717, 1.165) is 6.08 Å². The molecule has 4 heteroatoms. The molecular formula is C12H12O4. The van der Waals surface area contributed by atoms with Crippen LogP contribution in [0, 0.1) is 0 Å². The van der Waals surface area contributed by atoms with Gasteiger partial charge in [-0.2, -0.15) is 0 Å². The molecule has 0 heterocycles. The lowest BCUT2D eigenvalue weighted by Gasteiger charge is -2.05. The molecule has 84 valence electrons. The Morgan fingerprint density at radius 3 is 2.69 bits per heavy atom. The molecule has 0 radical (unpaired) electrons. The summed E-state index contributed by atoms with van der Waals surface area (Å²) in [5, 5.41) is 8.50. The van der Waals surface area contributed by atoms with E-state index in [2.05, 4.69) is 0 Å². The fourth-order valence-corrected chi connectivity index (χ4v) is 1.07. The molecule has 1 aromatic rings. The molecule has 1 N–H and O–H groups in total. The van der Waals surface area contributed by atoms with Gasteiger partial charge >= 0.3 is 11.9 Å². The molecule has 0 aliphatic carbocycles. The number of carboxylic acids is 1. The van der Waals surface area contributed by atoms with Gasteiger partial charge in [0.2, 0.25) is 0 Å². The smallest absolute Gasteiger partial charge is 0.328 e. The van der Waals surface area contributed by atoms with E-state index >= 15 is 0 Å². The van der Waals surface area contributed by atoms with E-state index in [1.165, 1.54) is 6.08 Å². The van der Waals surface area contributed by atoms with Gasteiger partial charge in [-0.05, 0) is 12.1 Å². The predicted molar refractivity (Wildman–Crippen MR) is 59.0 cm³/mol. The van der Waals surface area contributed by atoms with E-state index < -0.39 is 5.97 Å². The zero-order valence-electron chi connectivity index (χ0n) is 8.84. The van der Waals surface area contributed by atoms with Gasteiger partial charge in [0.15, 0.2) is 0 Å². The number of benzene rings is 1. The second kappa shape index (κ2) is 5.70. The van der Waals surface area contributed by atoms with Crippen LogP contribution in [0.3, 0.4) is 0 Å². The number of carboxylic acid groups (broad SMARTS) is 1. The van der Waals surface area contributed by atoms with E-state index in [4.69, 9.17) is 9.84 Å². The lowest BCUT2D eigenvalue weighted by molar-refractivity contribution is -0.134. The molecule has 1 rings (SSSR count). The van der Waals surface area contributed by atoms with Crippen molar-refractivity contribution in [1.29, 1.82) is 0 Å². The Kier molecular flexibility index (Phi) is 4.27. The second-order valence-corrected chi connectivity index (χ2v) is 3.04. The summed E-state index contributed by atoms with van der Waals surface area (Å²) >= 11 is 0. The Hall–Kier alpha value is -2.10. The highest BCUT2D eigenvalue weighted by Gasteiger charge is 2.04. The van der Waals surface area contributed by atoms with Gasteiger partial charge in [0.1, 0.15) is 5.75 Å². The quantitative estimate of drug-likeness (QED) is 0.479. The number of hydrogen-bond acceptors (Lipinski definition) is 3. The van der Waals surface area contributed by atoms with Crippen LogP contribution in [0.2, 0.25) is 0 Å². The van der Waals surface area contributed by atoms with Crippen molar-refractivity contribution < 1.29 is 19.4 Å². The maximum atomic E-state index is 11.1. The van der Waals surface area contributed by atoms with Crippen molar-refractivity contribution in [2.24, 2.45) is 0 Å². The average Bonchev–Trinajstić information content (AvgIpc) is 2.27. The maximum Gasteiger partial charge on any atom is 0.328 e. The summed E-state index contributed by atoms with van der Waals surface area (Å²) in [6.07, 6.45) is 2.66. The molecule has 0 fully saturated rings. The number of hydrogen-bond donors (Lipinski definition) is 1. The molecule has 0 spiro atoms. The molecule has 4 nitrogen and oxygen atoms in total. The molecule has 16 heavy (non-hydrogen) atoms. The van der Waals surface area contributed by atoms with Gasteiger partial charge < -0.3 is 9.84 Å². The number of carbonyl (C=O) groups is 2. The molecule has 0 aliphatic heterocycles. The molecule has 0 aliphatic rings. The zero-order chi connectivity index (χ0) is 12.0. The number of carbonyl (C=O) groups excluding carboxylic acids is 1. The first-order valence-corrected chi connectivity index (χ1v) is 4.84. The van der Waals surface area contributed by atoms with Gasteiger partial charge in [-0.15, -0.1) is 0 Å². The van der Waals surface area contributed by atoms with Gasteiger partial charge in [-0.1, -0.05) is 25.1 Å². The van der Waals surface area contributed by atoms with Crippen LogP contribution in [-0.2, 0) is 9.59 Å². The predicted octanol–water partition coefficient (Wildman–Crippen LogP) is 2.10. The van der Waals surface area contributed by atoms with Gasteiger partial charge in [0, 0.05) is 18.1 Å². The van der Waals surface area contributed by atoms with Gasteiger partial charge in [-0.25, -0.2) is 4.79 Å². The van der Waals surface area contributed by atoms with Crippen LogP contribution in [0.1, 0.15) is 18.9 Å². The van der Waals surface area contributed by atoms with Crippen LogP contribution in [-0.4, -0.2) is 17.0 Å². The molecule has 0 atom stereocenters. The normalized spacial score (nSPS) is 10.3. The molecular weight excluding hydrogens is 208 g/mol. The van der Waals surface area contributed by atoms with Crippen molar-refractivity contribution >= 4 is 18.0 Å². The molecule has 0 unspecified atom stereocenters. The highest BCUT2D eigenvalue weighted by molar-refractivity contribution is 5.86. The first-order valence-electron chi connectivity index (χ1n) is 4.84. The Morgan fingerprint density at radius 2 is 2.06 bits per heavy atom. The molecule has 0 amide bonds. The number of rotatable bonds is 4. The third-order valence-corrected chi connectivity index (χ3v) is 1.84. The minimum Gasteiger partial charge on any atom is -0.478 e. The number of esters is 1. The fraction of sp³-hybridized carbons (Fsp3) is 0.167. The Morgan fingerprint density at radius 1 is 1.38 bits per heavy atom. The van der Waals surface area contributed by atoms with Crippen molar-refractivity contribution in [2.75, 3.05) is 0 Å². The Labute approximate surface area is 93.2 Å². The van der Waals surface area contributed by atoms with Gasteiger partial charge in [0.25, 0.3) is 0 Å². The van der Waals surface area contributed by atoms with E-state index in [1.807, 2.05) is 0 Å². The summed E-state index contributed by atoms with van der Waals surface area (Å²) in [5.41, 5.74) is 0.562. The summed E-state index contributed by atoms with van der Waals surface area (Å²) < 4.78 is 5.04. The first kappa shape index (κ1) is 12.0. The van der Waals surface area contributed by atoms with Crippen LogP contribution in [0.5, 0.6) is 5.75 Å². The van der Waals surface area contributed by atoms with Crippen molar-refractivity contribution in [3.8, 4) is 5.75 Å². The Bertz CT molecular complexity index is 421. The standard InChI is InChI=1S/C12H12O4/c1-2-12(15)16-10-6-4-3-5-9(10)7-8-11(13)14/h3-8H,2H2,1H3,(H,13,14)/b8-7-. The molecule has 0 aromatic heterocycles. The molecule has 0 saturated carbocycles. The molecule has 1 aromatic carbocycles. The summed E-state index contributed by atoms with van der Waals surface area (Å²) in [6.45, 7) is 1.69. The minimum absolute atomic E-state index is 0.275. The largest absolute Gasteiger partial charge is 0.478 e. The highest BCUT2D eigenvalue weighted by Crippen LogP contribution is 2.19. The minimum atomic E-state index is -1.04. The Balaban J connectivity index is 2.91. The van der Waals surface area contributed by atoms with Gasteiger partial charge in [-0.3, -0.25) is 4.79 Å². The third kappa shape index (κ3) is 3.57. The number of para-hydroxylation sites is 1. The lowest BCUT2D eigenvalue weighted by atomic mass is 10.2. The van der Waals surface area contributed by atoms with Crippen molar-refractivity contribution in [2.45, 2.75) is 13.3 Å². The first-order chi connectivity index (χ1) is 7.63. The van der Waals surface area contributed by atoms with Crippen LogP contribution in [0.15, 0.2) is 30.3 Å². The fourth-order valence-electron chi connectivity index (χ4n) is 1.07. The van der Waals surface area contributed by atoms with E-state index in [-0.39, 0.29) is 12.4 Å². The summed E-state index contributed by atoms with van der Waals surface area (Å²) in [7, 11) is 0. The van der Waals surface area contributed by atoms with E-state index in [1.54, 1.807) is 31.2 Å². The monoisotopic (exact) mass is 220 g/mol. The van der Waals surface area contributed by atoms with Crippen LogP contribution < -0.4 is 4.74 Å². The number of aliphatic carboxylic acids is 1. The van der Waals surface area contributed by atoms with Gasteiger partial charge in [0.05, 0.1) is 0 Å². The van der Waals surface area contributed by atoms with Crippen molar-refractivity contribution in [3.05, 3.63) is 35.9 Å². The van der Waals surface area contributed by atoms with Crippen LogP contribution in [0.25, 0.3) is 6.08 Å². The third-order valence-electron chi connectivity index (χ3n) is 1.84. The van der Waals surface area contributed by atoms with Crippen LogP contribution in [0.4, 0.5) is 0 Å². The summed E-state index contributed by atoms with van der Waals surface area (Å²) in [4.78, 5) is 21.5. The SMILES string of the molecule is CCC(=O)Oc1ccccc1/C=C\C(=O)O. The van der Waals surface area contributed by atoms with Crippen molar-refractivity contribution in [3.63, 3.8) is 0 Å². The van der Waals surface area contributed by atoms with Crippen molar-refractivity contribution in [1.82, 2.24) is 0 Å². The van der Waals surface area contributed by atoms with E-state index in [9.17, 15) is 9.59 Å². The second-order valence-electron chi connectivity index (χ2n) is 3.04. The van der Waals surface area contributed by atoms with Crippen LogP contribution >= 0.6 is 0 Å². The lowest BCUT2D eigenvalue weighted by Crippen LogP contribution is -2.06. The number of ether oxygens (including phenoxy) is 1. The molecule has 0 saturated heterocycles. The van der Waals surface area contributed by atoms with E-state index in [0.29, 0.717) is 11.3 Å². The summed E-state index contributed by atoms with van der Waals surface area (Å²) in [5.74, 6) is -1.03. The highest BCUT2D eigenvalue weighted by atomic mass is 16.5. The summed E-state index contributed by atoms with van der Waals surface area (Å²) in [6, 6.07) is 6.76. The zero-order valence-corrected chi connectivity index (χ0v) is 8.84.